The number of hydrogen-bond acceptors (Lipinski definition) is 4. The number of carbonyl (C=O) groups is 1. The van der Waals surface area contributed by atoms with Crippen LogP contribution in [0.15, 0.2) is 54.9 Å². The first-order valence-corrected chi connectivity index (χ1v) is 11.0. The lowest BCUT2D eigenvalue weighted by Crippen LogP contribution is -2.49. The second kappa shape index (κ2) is 6.13. The Morgan fingerprint density at radius 1 is 1.21 bits per heavy atom. The second-order valence-corrected chi connectivity index (χ2v) is 9.52. The Kier molecular flexibility index (Phi) is 3.65. The minimum Gasteiger partial charge on any atom is -0.336 e. The maximum absolute atomic E-state index is 13.6. The van der Waals surface area contributed by atoms with Gasteiger partial charge in [0.2, 0.25) is 5.91 Å². The van der Waals surface area contributed by atoms with Crippen molar-refractivity contribution in [2.75, 3.05) is 13.1 Å². The molecule has 0 aliphatic carbocycles. The highest BCUT2D eigenvalue weighted by Crippen LogP contribution is 2.57. The van der Waals surface area contributed by atoms with Crippen LogP contribution in [-0.4, -0.2) is 39.3 Å². The average molecular weight is 390 g/mol. The predicted molar refractivity (Wildman–Crippen MR) is 111 cm³/mol. The number of rotatable bonds is 3. The maximum atomic E-state index is 13.6. The first-order chi connectivity index (χ1) is 13.8. The summed E-state index contributed by atoms with van der Waals surface area (Å²) < 4.78 is 1.35. The number of likely N-dealkylation sites (tertiary alicyclic amines) is 1. The molecule has 2 aromatic heterocycles. The Bertz CT molecular complexity index is 1020. The van der Waals surface area contributed by atoms with E-state index in [-0.39, 0.29) is 5.54 Å². The summed E-state index contributed by atoms with van der Waals surface area (Å²) in [6, 6.07) is 15.4. The van der Waals surface area contributed by atoms with Gasteiger partial charge in [-0.3, -0.25) is 14.7 Å². The third-order valence-electron chi connectivity index (χ3n) is 7.00. The van der Waals surface area contributed by atoms with Gasteiger partial charge in [-0.25, -0.2) is 0 Å². The number of amides is 1. The van der Waals surface area contributed by atoms with Crippen molar-refractivity contribution in [1.29, 1.82) is 0 Å². The third-order valence-corrected chi connectivity index (χ3v) is 8.21. The molecule has 5 heteroatoms. The molecular weight excluding hydrogens is 366 g/mol. The first kappa shape index (κ1) is 16.7. The van der Waals surface area contributed by atoms with Gasteiger partial charge < -0.3 is 4.90 Å². The molecule has 3 atom stereocenters. The third kappa shape index (κ3) is 2.26. The smallest absolute Gasteiger partial charge is 0.243 e. The summed E-state index contributed by atoms with van der Waals surface area (Å²) in [7, 11) is 0. The number of pyridine rings is 1. The van der Waals surface area contributed by atoms with E-state index in [1.165, 1.54) is 15.0 Å². The Balaban J connectivity index is 1.32. The fourth-order valence-electron chi connectivity index (χ4n) is 5.86. The van der Waals surface area contributed by atoms with Crippen LogP contribution in [0.3, 0.4) is 0 Å². The molecule has 0 saturated carbocycles. The number of carbonyl (C=O) groups excluding carboxylic acids is 1. The summed E-state index contributed by atoms with van der Waals surface area (Å²) >= 11 is 1.91. The molecule has 0 unspecified atom stereocenters. The molecule has 3 aliphatic heterocycles. The number of fused-ring (bicyclic) bond motifs is 1. The summed E-state index contributed by atoms with van der Waals surface area (Å²) in [5.41, 5.74) is 0.862. The summed E-state index contributed by atoms with van der Waals surface area (Å²) in [6.07, 6.45) is 6.91. The molecule has 1 spiro atoms. The molecule has 6 rings (SSSR count). The minimum atomic E-state index is -0.261. The number of benzene rings is 1. The van der Waals surface area contributed by atoms with Crippen LogP contribution in [0.2, 0.25) is 0 Å². The van der Waals surface area contributed by atoms with Gasteiger partial charge in [-0.1, -0.05) is 24.3 Å². The van der Waals surface area contributed by atoms with Crippen LogP contribution in [0.5, 0.6) is 0 Å². The van der Waals surface area contributed by atoms with Gasteiger partial charge in [-0.05, 0) is 55.0 Å². The highest BCUT2D eigenvalue weighted by molar-refractivity contribution is 7.19. The lowest BCUT2D eigenvalue weighted by molar-refractivity contribution is -0.137. The zero-order valence-corrected chi connectivity index (χ0v) is 16.6. The van der Waals surface area contributed by atoms with Crippen molar-refractivity contribution in [3.63, 3.8) is 0 Å². The SMILES string of the molecule is O=C1N(Cc2cccnc2)C[C@@H]2C[C@@H](c3cc4ccccc4s3)N3CCC[C@@]123. The number of hydrogen-bond donors (Lipinski definition) is 0. The maximum Gasteiger partial charge on any atom is 0.243 e. The number of nitrogens with zero attached hydrogens (tertiary/aromatic N) is 3. The van der Waals surface area contributed by atoms with Gasteiger partial charge in [0.05, 0.1) is 0 Å². The van der Waals surface area contributed by atoms with Gasteiger partial charge in [0, 0.05) is 47.0 Å². The van der Waals surface area contributed by atoms with E-state index in [9.17, 15) is 4.79 Å². The van der Waals surface area contributed by atoms with Gasteiger partial charge in [0.1, 0.15) is 5.54 Å². The van der Waals surface area contributed by atoms with E-state index in [0.29, 0.717) is 24.4 Å². The molecule has 1 amide bonds. The molecule has 1 aromatic carbocycles. The Labute approximate surface area is 168 Å². The van der Waals surface area contributed by atoms with E-state index in [1.54, 1.807) is 6.20 Å². The van der Waals surface area contributed by atoms with Crippen LogP contribution in [0.4, 0.5) is 0 Å². The summed E-state index contributed by atoms with van der Waals surface area (Å²) in [6.45, 7) is 2.61. The molecule has 142 valence electrons. The van der Waals surface area contributed by atoms with Crippen molar-refractivity contribution >= 4 is 27.3 Å². The zero-order chi connectivity index (χ0) is 18.7. The van der Waals surface area contributed by atoms with Crippen LogP contribution >= 0.6 is 11.3 Å². The monoisotopic (exact) mass is 389 g/mol. The van der Waals surface area contributed by atoms with Crippen molar-refractivity contribution in [3.8, 4) is 0 Å². The molecule has 0 bridgehead atoms. The molecule has 3 aliphatic rings. The standard InChI is InChI=1S/C23H23N3OS/c27-22-23-8-4-10-26(23)19(21-11-17-6-1-2-7-20(17)28-21)12-18(23)15-25(22)14-16-5-3-9-24-13-16/h1-3,5-7,9,11,13,18-19H,4,8,10,12,14-15H2/t18-,19-,23-/m0/s1. The summed E-state index contributed by atoms with van der Waals surface area (Å²) in [5, 5.41) is 1.33. The molecule has 0 N–H and O–H groups in total. The first-order valence-electron chi connectivity index (χ1n) is 10.2. The topological polar surface area (TPSA) is 36.4 Å². The fraction of sp³-hybridized carbons (Fsp3) is 0.391. The zero-order valence-electron chi connectivity index (χ0n) is 15.8. The van der Waals surface area contributed by atoms with E-state index < -0.39 is 0 Å². The van der Waals surface area contributed by atoms with Gasteiger partial charge >= 0.3 is 0 Å². The van der Waals surface area contributed by atoms with Crippen LogP contribution < -0.4 is 0 Å². The van der Waals surface area contributed by atoms with E-state index in [1.807, 2.05) is 23.6 Å². The highest BCUT2D eigenvalue weighted by atomic mass is 32.1. The number of thiophene rings is 1. The van der Waals surface area contributed by atoms with Crippen LogP contribution in [0, 0.1) is 5.92 Å². The molecule has 3 saturated heterocycles. The molecule has 4 nitrogen and oxygen atoms in total. The Morgan fingerprint density at radius 3 is 3.00 bits per heavy atom. The molecule has 3 fully saturated rings. The van der Waals surface area contributed by atoms with Gasteiger partial charge in [0.15, 0.2) is 0 Å². The van der Waals surface area contributed by atoms with Crippen molar-refractivity contribution in [3.05, 3.63) is 65.3 Å². The van der Waals surface area contributed by atoms with E-state index in [0.717, 1.165) is 37.9 Å². The predicted octanol–water partition coefficient (Wildman–Crippen LogP) is 4.23. The van der Waals surface area contributed by atoms with Gasteiger partial charge in [-0.2, -0.15) is 0 Å². The van der Waals surface area contributed by atoms with Crippen LogP contribution in [0.1, 0.15) is 35.7 Å². The lowest BCUT2D eigenvalue weighted by Gasteiger charge is -2.33. The van der Waals surface area contributed by atoms with Crippen molar-refractivity contribution in [2.45, 2.75) is 37.4 Å². The quantitative estimate of drug-likeness (QED) is 0.672. The molecule has 3 aromatic rings. The van der Waals surface area contributed by atoms with Gasteiger partial charge in [0.25, 0.3) is 0 Å². The molecule has 28 heavy (non-hydrogen) atoms. The normalized spacial score (nSPS) is 29.6. The van der Waals surface area contributed by atoms with Crippen molar-refractivity contribution < 1.29 is 4.79 Å². The Morgan fingerprint density at radius 2 is 2.14 bits per heavy atom. The highest BCUT2D eigenvalue weighted by Gasteiger charge is 2.65. The largest absolute Gasteiger partial charge is 0.336 e. The van der Waals surface area contributed by atoms with E-state index >= 15 is 0 Å². The molecular formula is C23H23N3OS. The van der Waals surface area contributed by atoms with Crippen molar-refractivity contribution in [1.82, 2.24) is 14.8 Å². The van der Waals surface area contributed by atoms with E-state index in [4.69, 9.17) is 0 Å². The van der Waals surface area contributed by atoms with Crippen LogP contribution in [0.25, 0.3) is 10.1 Å². The fourth-order valence-corrected chi connectivity index (χ4v) is 7.05. The number of aromatic nitrogens is 1. The second-order valence-electron chi connectivity index (χ2n) is 8.40. The molecule has 0 radical (unpaired) electrons. The Hall–Kier alpha value is -2.24. The average Bonchev–Trinajstić information content (AvgIpc) is 3.45. The van der Waals surface area contributed by atoms with Crippen molar-refractivity contribution in [2.24, 2.45) is 5.92 Å². The van der Waals surface area contributed by atoms with E-state index in [2.05, 4.69) is 51.2 Å². The minimum absolute atomic E-state index is 0.261. The summed E-state index contributed by atoms with van der Waals surface area (Å²) in [5.74, 6) is 0.789. The summed E-state index contributed by atoms with van der Waals surface area (Å²) in [4.78, 5) is 23.9. The molecule has 5 heterocycles. The van der Waals surface area contributed by atoms with Crippen LogP contribution in [-0.2, 0) is 11.3 Å². The lowest BCUT2D eigenvalue weighted by atomic mass is 9.85. The van der Waals surface area contributed by atoms with Gasteiger partial charge in [-0.15, -0.1) is 11.3 Å².